The summed E-state index contributed by atoms with van der Waals surface area (Å²) in [5, 5.41) is 3.49. The van der Waals surface area contributed by atoms with Crippen molar-refractivity contribution in [2.75, 3.05) is 33.1 Å². The van der Waals surface area contributed by atoms with Crippen molar-refractivity contribution in [3.8, 4) is 0 Å². The third kappa shape index (κ3) is 9.81. The molecule has 18 heavy (non-hydrogen) atoms. The lowest BCUT2D eigenvalue weighted by atomic mass is 10.2. The minimum absolute atomic E-state index is 1.08. The van der Waals surface area contributed by atoms with E-state index >= 15 is 0 Å². The molecule has 0 amide bonds. The van der Waals surface area contributed by atoms with Gasteiger partial charge in [-0.25, -0.2) is 0 Å². The quantitative estimate of drug-likeness (QED) is 0.547. The van der Waals surface area contributed by atoms with Crippen molar-refractivity contribution in [1.82, 2.24) is 15.1 Å². The summed E-state index contributed by atoms with van der Waals surface area (Å²) < 4.78 is 0. The van der Waals surface area contributed by atoms with Crippen LogP contribution in [0.15, 0.2) is 0 Å². The number of hydrogen-bond acceptors (Lipinski definition) is 3. The van der Waals surface area contributed by atoms with E-state index in [1.165, 1.54) is 78.9 Å². The molecule has 5 heteroatoms. The van der Waals surface area contributed by atoms with Crippen LogP contribution in [0.3, 0.4) is 0 Å². The summed E-state index contributed by atoms with van der Waals surface area (Å²) in [7, 11) is 4.67. The minimum Gasteiger partial charge on any atom is -0.291 e. The maximum absolute atomic E-state index is 4.67. The van der Waals surface area contributed by atoms with Gasteiger partial charge in [0, 0.05) is 13.1 Å². The summed E-state index contributed by atoms with van der Waals surface area (Å²) in [5.74, 6) is 0. The maximum atomic E-state index is 4.67. The Morgan fingerprint density at radius 3 is 1.72 bits per heavy atom. The SMILES string of the molecule is CCCCCN1CNCN(CCCCC)C1.[Mg+2][Cl]. The molecular formula is C13H29ClMgN3+2. The highest BCUT2D eigenvalue weighted by molar-refractivity contribution is 6.80. The molecule has 103 valence electrons. The molecular weight excluding hydrogens is 258 g/mol. The fourth-order valence-corrected chi connectivity index (χ4v) is 2.22. The Bertz CT molecular complexity index is 156. The second kappa shape index (κ2) is 14.3. The monoisotopic (exact) mass is 286 g/mol. The molecule has 1 fully saturated rings. The summed E-state index contributed by atoms with van der Waals surface area (Å²) >= 11 is 1.33. The summed E-state index contributed by atoms with van der Waals surface area (Å²) in [6, 6.07) is 0. The third-order valence-electron chi connectivity index (χ3n) is 3.23. The van der Waals surface area contributed by atoms with Crippen LogP contribution in [0.5, 0.6) is 0 Å². The lowest BCUT2D eigenvalue weighted by Crippen LogP contribution is -2.53. The average Bonchev–Trinajstić information content (AvgIpc) is 2.42. The number of hydrogen-bond donors (Lipinski definition) is 1. The van der Waals surface area contributed by atoms with E-state index in [0.717, 1.165) is 13.3 Å². The molecule has 1 rings (SSSR count). The van der Waals surface area contributed by atoms with E-state index in [9.17, 15) is 0 Å². The Balaban J connectivity index is 0.00000137. The first kappa shape index (κ1) is 18.9. The van der Waals surface area contributed by atoms with Crippen LogP contribution >= 0.6 is 9.07 Å². The van der Waals surface area contributed by atoms with Crippen LogP contribution in [-0.4, -0.2) is 63.5 Å². The Hall–Kier alpha value is 0.936. The predicted octanol–water partition coefficient (Wildman–Crippen LogP) is 2.76. The zero-order chi connectivity index (χ0) is 13.6. The van der Waals surface area contributed by atoms with E-state index in [0.29, 0.717) is 0 Å². The number of nitrogens with one attached hydrogen (secondary N) is 1. The molecule has 0 bridgehead atoms. The van der Waals surface area contributed by atoms with Gasteiger partial charge >= 0.3 is 29.7 Å². The van der Waals surface area contributed by atoms with Crippen LogP contribution < -0.4 is 5.32 Å². The first-order chi connectivity index (χ1) is 8.86. The van der Waals surface area contributed by atoms with Crippen LogP contribution in [0.1, 0.15) is 52.4 Å². The predicted molar refractivity (Wildman–Crippen MR) is 81.8 cm³/mol. The highest BCUT2D eigenvalue weighted by Crippen LogP contribution is 2.04. The molecule has 1 N–H and O–H groups in total. The molecule has 0 aromatic heterocycles. The van der Waals surface area contributed by atoms with Gasteiger partial charge in [-0.3, -0.25) is 15.1 Å². The van der Waals surface area contributed by atoms with E-state index in [1.807, 2.05) is 0 Å². The van der Waals surface area contributed by atoms with Gasteiger partial charge in [0.05, 0.1) is 20.0 Å². The van der Waals surface area contributed by atoms with Crippen LogP contribution in [0.4, 0.5) is 0 Å². The zero-order valence-electron chi connectivity index (χ0n) is 12.3. The Labute approximate surface area is 130 Å². The van der Waals surface area contributed by atoms with E-state index in [-0.39, 0.29) is 0 Å². The molecule has 0 saturated carbocycles. The molecule has 0 atom stereocenters. The van der Waals surface area contributed by atoms with E-state index < -0.39 is 0 Å². The maximum Gasteiger partial charge on any atom is 1.59 e. The van der Waals surface area contributed by atoms with Gasteiger partial charge in [0.15, 0.2) is 0 Å². The van der Waals surface area contributed by atoms with Crippen molar-refractivity contribution in [2.24, 2.45) is 0 Å². The van der Waals surface area contributed by atoms with Gasteiger partial charge in [-0.2, -0.15) is 0 Å². The van der Waals surface area contributed by atoms with Crippen molar-refractivity contribution in [2.45, 2.75) is 52.4 Å². The first-order valence-corrected chi connectivity index (χ1v) is 9.42. The minimum atomic E-state index is 1.08. The van der Waals surface area contributed by atoms with Gasteiger partial charge < -0.3 is 0 Å². The second-order valence-electron chi connectivity index (χ2n) is 4.91. The number of unbranched alkanes of at least 4 members (excludes halogenated alkanes) is 4. The van der Waals surface area contributed by atoms with E-state index in [4.69, 9.17) is 0 Å². The molecule has 1 saturated heterocycles. The smallest absolute Gasteiger partial charge is 0.291 e. The topological polar surface area (TPSA) is 18.5 Å². The summed E-state index contributed by atoms with van der Waals surface area (Å²) in [6.07, 6.45) is 8.07. The summed E-state index contributed by atoms with van der Waals surface area (Å²) in [6.45, 7) is 10.4. The van der Waals surface area contributed by atoms with Crippen LogP contribution in [0.25, 0.3) is 0 Å². The van der Waals surface area contributed by atoms with Crippen molar-refractivity contribution in [1.29, 1.82) is 0 Å². The first-order valence-electron chi connectivity index (χ1n) is 7.29. The van der Waals surface area contributed by atoms with Crippen LogP contribution in [0.2, 0.25) is 0 Å². The van der Waals surface area contributed by atoms with Gasteiger partial charge in [0.25, 0.3) is 0 Å². The largest absolute Gasteiger partial charge is 1.59 e. The molecule has 1 aliphatic rings. The van der Waals surface area contributed by atoms with Gasteiger partial charge in [-0.1, -0.05) is 39.5 Å². The van der Waals surface area contributed by atoms with Gasteiger partial charge in [0.2, 0.25) is 0 Å². The molecule has 7 radical (unpaired) electrons. The van der Waals surface area contributed by atoms with Crippen molar-refractivity contribution in [3.63, 3.8) is 0 Å². The molecule has 1 heterocycles. The average molecular weight is 287 g/mol. The molecule has 0 aromatic carbocycles. The molecule has 0 unspecified atom stereocenters. The van der Waals surface area contributed by atoms with Crippen molar-refractivity contribution >= 4 is 29.7 Å². The van der Waals surface area contributed by atoms with Gasteiger partial charge in [-0.15, -0.1) is 0 Å². The van der Waals surface area contributed by atoms with Crippen LogP contribution in [0, 0.1) is 0 Å². The Kier molecular flexibility index (Phi) is 15.1. The Morgan fingerprint density at radius 2 is 1.33 bits per heavy atom. The normalized spacial score (nSPS) is 17.3. The van der Waals surface area contributed by atoms with Gasteiger partial charge in [0.1, 0.15) is 0 Å². The fraction of sp³-hybridized carbons (Fsp3) is 1.00. The van der Waals surface area contributed by atoms with Gasteiger partial charge in [-0.05, 0) is 12.8 Å². The molecule has 0 aliphatic carbocycles. The van der Waals surface area contributed by atoms with Crippen LogP contribution in [-0.2, 0) is 0 Å². The Morgan fingerprint density at radius 1 is 0.889 bits per heavy atom. The zero-order valence-corrected chi connectivity index (χ0v) is 14.4. The molecule has 0 aromatic rings. The van der Waals surface area contributed by atoms with E-state index in [1.54, 1.807) is 0 Å². The lowest BCUT2D eigenvalue weighted by molar-refractivity contribution is 0.0631. The van der Waals surface area contributed by atoms with Crippen molar-refractivity contribution < 1.29 is 0 Å². The lowest BCUT2D eigenvalue weighted by Gasteiger charge is -2.36. The molecule has 3 nitrogen and oxygen atoms in total. The standard InChI is InChI=1S/C13H29N3.ClH.Mg/c1-3-5-7-9-15-11-14-12-16(13-15)10-8-6-4-2;;/h14H,3-13H2,1-2H3;1H;/q;;+3/p-1. The number of rotatable bonds is 8. The summed E-state index contributed by atoms with van der Waals surface area (Å²) in [4.78, 5) is 5.07. The second-order valence-corrected chi connectivity index (χ2v) is 4.91. The van der Waals surface area contributed by atoms with E-state index in [2.05, 4.69) is 38.0 Å². The highest BCUT2D eigenvalue weighted by atomic mass is 35.5. The number of nitrogens with zero attached hydrogens (tertiary/aromatic N) is 2. The van der Waals surface area contributed by atoms with Crippen molar-refractivity contribution in [3.05, 3.63) is 0 Å². The molecule has 0 spiro atoms. The summed E-state index contributed by atoms with van der Waals surface area (Å²) in [5.41, 5.74) is 0. The fourth-order valence-electron chi connectivity index (χ4n) is 2.22. The molecule has 1 aliphatic heterocycles. The highest BCUT2D eigenvalue weighted by Gasteiger charge is 2.16. The third-order valence-corrected chi connectivity index (χ3v) is 3.23. The number of halogens is 1.